The van der Waals surface area contributed by atoms with Gasteiger partial charge in [0.15, 0.2) is 0 Å². The van der Waals surface area contributed by atoms with Gasteiger partial charge in [0.05, 0.1) is 15.3 Å². The molecule has 52 heavy (non-hydrogen) atoms. The molecule has 0 fully saturated rings. The van der Waals surface area contributed by atoms with Crippen molar-refractivity contribution in [1.29, 1.82) is 0 Å². The maximum atomic E-state index is 9.29. The van der Waals surface area contributed by atoms with E-state index in [1.54, 1.807) is 4.90 Å². The highest BCUT2D eigenvalue weighted by Gasteiger charge is 2.18. The Bertz CT molecular complexity index is 3280. The lowest BCUT2D eigenvalue weighted by atomic mass is 9.97. The summed E-state index contributed by atoms with van der Waals surface area (Å²) in [6.45, 7) is 0. The molecule has 2 heteroatoms. The van der Waals surface area contributed by atoms with Gasteiger partial charge >= 0.3 is 0 Å². The zero-order valence-electron chi connectivity index (χ0n) is 34.9. The Kier molecular flexibility index (Phi) is 5.63. The van der Waals surface area contributed by atoms with Gasteiger partial charge in [-0.2, -0.15) is 0 Å². The van der Waals surface area contributed by atoms with Crippen molar-refractivity contribution < 1.29 is 14.0 Å². The van der Waals surface area contributed by atoms with E-state index < -0.39 is 30.2 Å². The summed E-state index contributed by atoms with van der Waals surface area (Å²) in [7, 11) is 0. The van der Waals surface area contributed by atoms with E-state index in [0.717, 1.165) is 66.1 Å². The molecule has 0 spiro atoms. The minimum atomic E-state index is -0.494. The fraction of sp³-hybridized carbons (Fsp3) is 0. The Morgan fingerprint density at radius 2 is 1.08 bits per heavy atom. The van der Waals surface area contributed by atoms with Gasteiger partial charge in [0.1, 0.15) is 11.2 Å². The Morgan fingerprint density at radius 1 is 0.423 bits per heavy atom. The van der Waals surface area contributed by atoms with Crippen LogP contribution in [0.4, 0.5) is 17.1 Å². The number of furan rings is 1. The summed E-state index contributed by atoms with van der Waals surface area (Å²) in [5.74, 6) is 0. The molecule has 0 saturated carbocycles. The highest BCUT2D eigenvalue weighted by molar-refractivity contribution is 6.19. The molecule has 0 saturated heterocycles. The fourth-order valence-corrected chi connectivity index (χ4v) is 7.27. The third kappa shape index (κ3) is 5.12. The van der Waals surface area contributed by atoms with Crippen LogP contribution in [0.15, 0.2) is 204 Å². The lowest BCUT2D eigenvalue weighted by Crippen LogP contribution is -2.10. The summed E-state index contributed by atoms with van der Waals surface area (Å²) in [6, 6.07) is 49.5. The Morgan fingerprint density at radius 3 is 1.88 bits per heavy atom. The van der Waals surface area contributed by atoms with E-state index in [9.17, 15) is 1.37 Å². The number of nitrogens with zero attached hydrogens (tertiary/aromatic N) is 1. The van der Waals surface area contributed by atoms with E-state index in [1.165, 1.54) is 0 Å². The molecular formula is C50H33NO. The molecule has 0 N–H and O–H groups in total. The average Bonchev–Trinajstić information content (AvgIpc) is 3.68. The second-order valence-electron chi connectivity index (χ2n) is 12.8. The smallest absolute Gasteiger partial charge is 0.143 e. The van der Waals surface area contributed by atoms with Gasteiger partial charge in [0, 0.05) is 32.9 Å². The first-order valence-electron chi connectivity index (χ1n) is 20.7. The Hall–Kier alpha value is -6.90. The largest absolute Gasteiger partial charge is 0.455 e. The first-order chi connectivity index (χ1) is 28.7. The van der Waals surface area contributed by atoms with Crippen molar-refractivity contribution in [2.45, 2.75) is 0 Å². The van der Waals surface area contributed by atoms with Crippen LogP contribution in [-0.2, 0) is 0 Å². The third-order valence-electron chi connectivity index (χ3n) is 9.77. The van der Waals surface area contributed by atoms with Crippen LogP contribution in [0.25, 0.3) is 76.9 Å². The van der Waals surface area contributed by atoms with Gasteiger partial charge < -0.3 is 9.32 Å². The maximum Gasteiger partial charge on any atom is 0.143 e. The molecule has 0 amide bonds. The fourth-order valence-electron chi connectivity index (χ4n) is 7.27. The first kappa shape index (κ1) is 23.5. The number of anilines is 3. The zero-order valence-corrected chi connectivity index (χ0v) is 27.9. The van der Waals surface area contributed by atoms with Crippen LogP contribution in [-0.4, -0.2) is 0 Å². The second-order valence-corrected chi connectivity index (χ2v) is 12.8. The van der Waals surface area contributed by atoms with Crippen LogP contribution in [0.1, 0.15) is 9.60 Å². The predicted molar refractivity (Wildman–Crippen MR) is 220 cm³/mol. The molecule has 244 valence electrons. The van der Waals surface area contributed by atoms with Crippen LogP contribution >= 0.6 is 0 Å². The van der Waals surface area contributed by atoms with E-state index in [2.05, 4.69) is 60.7 Å². The molecule has 0 unspecified atom stereocenters. The molecule has 9 aromatic carbocycles. The van der Waals surface area contributed by atoms with Crippen molar-refractivity contribution in [1.82, 2.24) is 0 Å². The number of hydrogen-bond donors (Lipinski definition) is 0. The third-order valence-corrected chi connectivity index (χ3v) is 9.77. The van der Waals surface area contributed by atoms with Crippen LogP contribution in [0.3, 0.4) is 0 Å². The molecule has 0 atom stereocenters. The number of rotatable bonds is 6. The summed E-state index contributed by atoms with van der Waals surface area (Å²) < 4.78 is 68.3. The van der Waals surface area contributed by atoms with Gasteiger partial charge in [-0.15, -0.1) is 0 Å². The minimum Gasteiger partial charge on any atom is -0.455 e. The standard InChI is InChI=1S/C50H33NO/c1-2-11-34(12-3-1)39-16-8-17-40(33-39)35-23-28-41(29-24-35)51(47-21-9-15-36-13-4-6-18-43(36)47)42-30-25-38(26-31-42)44-20-10-22-48-49(44)46-32-27-37-14-5-7-19-45(37)50(46)52-48/h1-33H/i4D,6D,9D,13D,15D,18D,21D. The molecule has 0 radical (unpaired) electrons. The lowest BCUT2D eigenvalue weighted by Gasteiger charge is -2.27. The molecular weight excluding hydrogens is 631 g/mol. The normalized spacial score (nSPS) is 13.3. The summed E-state index contributed by atoms with van der Waals surface area (Å²) >= 11 is 0. The van der Waals surface area contributed by atoms with Crippen molar-refractivity contribution in [3.05, 3.63) is 200 Å². The maximum absolute atomic E-state index is 9.29. The quantitative estimate of drug-likeness (QED) is 0.175. The Labute approximate surface area is 312 Å². The average molecular weight is 671 g/mol. The zero-order chi connectivity index (χ0) is 40.5. The number of benzene rings is 9. The Balaban J connectivity index is 1.15. The van der Waals surface area contributed by atoms with Crippen molar-refractivity contribution in [3.63, 3.8) is 0 Å². The van der Waals surface area contributed by atoms with Gasteiger partial charge in [-0.3, -0.25) is 0 Å². The van der Waals surface area contributed by atoms with E-state index in [4.69, 9.17) is 12.6 Å². The second kappa shape index (κ2) is 12.5. The molecule has 1 aromatic heterocycles. The summed E-state index contributed by atoms with van der Waals surface area (Å²) in [5, 5.41) is 4.04. The summed E-state index contributed by atoms with van der Waals surface area (Å²) in [5.41, 5.74) is 8.94. The van der Waals surface area contributed by atoms with Crippen molar-refractivity contribution in [2.75, 3.05) is 4.90 Å². The number of fused-ring (bicyclic) bond motifs is 6. The monoisotopic (exact) mass is 670 g/mol. The number of hydrogen-bond acceptors (Lipinski definition) is 2. The lowest BCUT2D eigenvalue weighted by molar-refractivity contribution is 0.673. The highest BCUT2D eigenvalue weighted by Crippen LogP contribution is 2.43. The van der Waals surface area contributed by atoms with Crippen molar-refractivity contribution in [2.24, 2.45) is 0 Å². The van der Waals surface area contributed by atoms with Gasteiger partial charge in [0.2, 0.25) is 0 Å². The van der Waals surface area contributed by atoms with Crippen LogP contribution in [0.5, 0.6) is 0 Å². The van der Waals surface area contributed by atoms with Crippen LogP contribution < -0.4 is 4.90 Å². The van der Waals surface area contributed by atoms with Crippen LogP contribution in [0, 0.1) is 0 Å². The predicted octanol–water partition coefficient (Wildman–Crippen LogP) is 14.4. The molecule has 10 rings (SSSR count). The van der Waals surface area contributed by atoms with Crippen molar-refractivity contribution in [3.8, 4) is 33.4 Å². The molecule has 1 heterocycles. The molecule has 2 nitrogen and oxygen atoms in total. The van der Waals surface area contributed by atoms with Crippen LogP contribution in [0.2, 0.25) is 0 Å². The SMILES string of the molecule is [2H]c1c([2H])c([2H])c2c(N(c3ccc(-c4cccc(-c5ccccc5)c4)cc3)c3ccc(-c4cccc5oc6c7ccccc7ccc6c45)cc3)c([2H])c([2H])c([2H])c2c1[2H]. The van der Waals surface area contributed by atoms with E-state index in [1.807, 2.05) is 97.1 Å². The topological polar surface area (TPSA) is 16.4 Å². The van der Waals surface area contributed by atoms with Gasteiger partial charge in [-0.25, -0.2) is 0 Å². The molecule has 0 aliphatic heterocycles. The summed E-state index contributed by atoms with van der Waals surface area (Å²) in [4.78, 5) is 1.76. The van der Waals surface area contributed by atoms with Gasteiger partial charge in [0.25, 0.3) is 0 Å². The van der Waals surface area contributed by atoms with Gasteiger partial charge in [-0.1, -0.05) is 152 Å². The molecule has 0 bridgehead atoms. The molecule has 0 aliphatic rings. The summed E-state index contributed by atoms with van der Waals surface area (Å²) in [6.07, 6.45) is 0. The van der Waals surface area contributed by atoms with Gasteiger partial charge in [-0.05, 0) is 92.7 Å². The first-order valence-corrected chi connectivity index (χ1v) is 17.2. The highest BCUT2D eigenvalue weighted by atomic mass is 16.3. The van der Waals surface area contributed by atoms with E-state index >= 15 is 0 Å². The molecule has 0 aliphatic carbocycles. The van der Waals surface area contributed by atoms with E-state index in [0.29, 0.717) is 11.4 Å². The van der Waals surface area contributed by atoms with Crippen molar-refractivity contribution >= 4 is 60.5 Å². The molecule has 10 aromatic rings. The minimum absolute atomic E-state index is 0.00702. The van der Waals surface area contributed by atoms with E-state index in [-0.39, 0.29) is 28.5 Å².